The van der Waals surface area contributed by atoms with E-state index in [4.69, 9.17) is 4.74 Å². The van der Waals surface area contributed by atoms with Crippen LogP contribution in [0.1, 0.15) is 37.2 Å². The Morgan fingerprint density at radius 1 is 1.28 bits per heavy atom. The van der Waals surface area contributed by atoms with Crippen molar-refractivity contribution in [3.05, 3.63) is 53.4 Å². The van der Waals surface area contributed by atoms with Gasteiger partial charge in [-0.2, -0.15) is 5.10 Å². The first-order chi connectivity index (χ1) is 15.1. The molecule has 1 aromatic heterocycles. The molecule has 0 saturated carbocycles. The lowest BCUT2D eigenvalue weighted by Gasteiger charge is -2.29. The van der Waals surface area contributed by atoms with E-state index in [1.807, 2.05) is 44.2 Å². The highest BCUT2D eigenvalue weighted by Gasteiger charge is 2.36. The fraction of sp³-hybridized carbons (Fsp3) is 0.435. The molecule has 1 fully saturated rings. The number of aryl methyl sites for hydroxylation is 1. The number of carbonyl (C=O) groups excluding carboxylic acids is 2. The second-order valence-electron chi connectivity index (χ2n) is 7.93. The number of aromatic nitrogens is 2. The summed E-state index contributed by atoms with van der Waals surface area (Å²) >= 11 is 0. The molecule has 0 N–H and O–H groups in total. The molecule has 0 unspecified atom stereocenters. The highest BCUT2D eigenvalue weighted by Crippen LogP contribution is 2.20. The molecule has 0 bridgehead atoms. The molecular formula is C23H29N3O5S. The summed E-state index contributed by atoms with van der Waals surface area (Å²) in [4.78, 5) is 26.6. The smallest absolute Gasteiger partial charge is 0.331 e. The van der Waals surface area contributed by atoms with Gasteiger partial charge in [0.1, 0.15) is 0 Å². The van der Waals surface area contributed by atoms with Crippen LogP contribution in [0.2, 0.25) is 0 Å². The Labute approximate surface area is 188 Å². The van der Waals surface area contributed by atoms with Gasteiger partial charge in [0.2, 0.25) is 0 Å². The number of sulfone groups is 1. The Bertz CT molecular complexity index is 1120. The van der Waals surface area contributed by atoms with Crippen molar-refractivity contribution in [3.8, 4) is 5.69 Å². The van der Waals surface area contributed by atoms with Crippen molar-refractivity contribution in [1.82, 2.24) is 14.7 Å². The number of para-hydroxylation sites is 1. The molecule has 1 aliphatic rings. The van der Waals surface area contributed by atoms with Gasteiger partial charge >= 0.3 is 5.97 Å². The number of rotatable bonds is 7. The summed E-state index contributed by atoms with van der Waals surface area (Å²) in [7, 11) is -3.12. The first-order valence-electron chi connectivity index (χ1n) is 10.6. The number of benzene rings is 1. The van der Waals surface area contributed by atoms with E-state index in [1.165, 1.54) is 17.9 Å². The summed E-state index contributed by atoms with van der Waals surface area (Å²) in [5.74, 6) is -1.00. The van der Waals surface area contributed by atoms with Crippen LogP contribution in [0.3, 0.4) is 0 Å². The SMILES string of the molecule is CCN(C(=O)[C@H](C)OC(=O)/C=C\c1c(C)nn(-c2ccccc2)c1C)[C@H]1CCS(=O)(=O)C1. The maximum Gasteiger partial charge on any atom is 0.331 e. The Balaban J connectivity index is 1.66. The van der Waals surface area contributed by atoms with E-state index in [0.29, 0.717) is 13.0 Å². The van der Waals surface area contributed by atoms with Gasteiger partial charge in [-0.3, -0.25) is 4.79 Å². The van der Waals surface area contributed by atoms with Crippen LogP contribution in [-0.2, 0) is 24.2 Å². The Kier molecular flexibility index (Phi) is 7.18. The average molecular weight is 460 g/mol. The van der Waals surface area contributed by atoms with Gasteiger partial charge in [-0.1, -0.05) is 18.2 Å². The third-order valence-electron chi connectivity index (χ3n) is 5.65. The molecule has 2 aromatic rings. The fourth-order valence-electron chi connectivity index (χ4n) is 3.98. The van der Waals surface area contributed by atoms with Crippen LogP contribution in [0.4, 0.5) is 0 Å². The van der Waals surface area contributed by atoms with Gasteiger partial charge in [0.25, 0.3) is 5.91 Å². The van der Waals surface area contributed by atoms with E-state index < -0.39 is 21.9 Å². The van der Waals surface area contributed by atoms with Gasteiger partial charge in [-0.25, -0.2) is 17.9 Å². The molecule has 1 saturated heterocycles. The number of amides is 1. The molecule has 8 nitrogen and oxygen atoms in total. The second-order valence-corrected chi connectivity index (χ2v) is 10.2. The van der Waals surface area contributed by atoms with Crippen molar-refractivity contribution < 1.29 is 22.7 Å². The summed E-state index contributed by atoms with van der Waals surface area (Å²) in [5, 5.41) is 4.54. The maximum atomic E-state index is 12.8. The van der Waals surface area contributed by atoms with Gasteiger partial charge in [-0.05, 0) is 52.3 Å². The second kappa shape index (κ2) is 9.68. The van der Waals surface area contributed by atoms with Gasteiger partial charge in [0.15, 0.2) is 15.9 Å². The Morgan fingerprint density at radius 3 is 2.56 bits per heavy atom. The van der Waals surface area contributed by atoms with E-state index >= 15 is 0 Å². The molecule has 172 valence electrons. The quantitative estimate of drug-likeness (QED) is 0.466. The van der Waals surface area contributed by atoms with Crippen molar-refractivity contribution in [2.45, 2.75) is 46.3 Å². The minimum absolute atomic E-state index is 0.0445. The third-order valence-corrected chi connectivity index (χ3v) is 7.40. The minimum atomic E-state index is -3.12. The highest BCUT2D eigenvalue weighted by molar-refractivity contribution is 7.91. The molecule has 2 heterocycles. The van der Waals surface area contributed by atoms with Crippen LogP contribution >= 0.6 is 0 Å². The highest BCUT2D eigenvalue weighted by atomic mass is 32.2. The molecular weight excluding hydrogens is 430 g/mol. The van der Waals surface area contributed by atoms with E-state index in [9.17, 15) is 18.0 Å². The number of hydrogen-bond acceptors (Lipinski definition) is 6. The Morgan fingerprint density at radius 2 is 1.97 bits per heavy atom. The predicted octanol–water partition coefficient (Wildman–Crippen LogP) is 2.47. The maximum absolute atomic E-state index is 12.8. The topological polar surface area (TPSA) is 98.6 Å². The van der Waals surface area contributed by atoms with Crippen LogP contribution in [0.5, 0.6) is 0 Å². The molecule has 0 spiro atoms. The summed E-state index contributed by atoms with van der Waals surface area (Å²) in [6.45, 7) is 7.42. The van der Waals surface area contributed by atoms with E-state index in [-0.39, 0.29) is 23.5 Å². The van der Waals surface area contributed by atoms with E-state index in [2.05, 4.69) is 5.10 Å². The van der Waals surface area contributed by atoms with Crippen molar-refractivity contribution in [3.63, 3.8) is 0 Å². The molecule has 1 aromatic carbocycles. The number of carbonyl (C=O) groups is 2. The average Bonchev–Trinajstić information content (AvgIpc) is 3.25. The van der Waals surface area contributed by atoms with Crippen molar-refractivity contribution >= 4 is 27.8 Å². The number of likely N-dealkylation sites (N-methyl/N-ethyl adjacent to an activating group) is 1. The third kappa shape index (κ3) is 5.27. The van der Waals surface area contributed by atoms with Gasteiger partial charge in [0.05, 0.1) is 22.9 Å². The van der Waals surface area contributed by atoms with Crippen LogP contribution in [0.25, 0.3) is 11.8 Å². The molecule has 32 heavy (non-hydrogen) atoms. The first-order valence-corrected chi connectivity index (χ1v) is 12.5. The number of hydrogen-bond donors (Lipinski definition) is 0. The molecule has 3 rings (SSSR count). The summed E-state index contributed by atoms with van der Waals surface area (Å²) < 4.78 is 30.6. The molecule has 0 radical (unpaired) electrons. The summed E-state index contributed by atoms with van der Waals surface area (Å²) in [6.07, 6.45) is 2.32. The zero-order chi connectivity index (χ0) is 23.5. The zero-order valence-electron chi connectivity index (χ0n) is 18.8. The Hall–Kier alpha value is -2.94. The number of nitrogens with zero attached hydrogens (tertiary/aromatic N) is 3. The molecule has 2 atom stereocenters. The van der Waals surface area contributed by atoms with Gasteiger partial charge in [0, 0.05) is 29.9 Å². The van der Waals surface area contributed by atoms with Gasteiger partial charge < -0.3 is 9.64 Å². The summed E-state index contributed by atoms with van der Waals surface area (Å²) in [6, 6.07) is 9.31. The first kappa shape index (κ1) is 23.7. The molecule has 0 aliphatic carbocycles. The monoisotopic (exact) mass is 459 g/mol. The molecule has 9 heteroatoms. The molecule has 1 aliphatic heterocycles. The predicted molar refractivity (Wildman–Crippen MR) is 122 cm³/mol. The number of ether oxygens (including phenoxy) is 1. The van der Waals surface area contributed by atoms with Crippen LogP contribution in [0.15, 0.2) is 36.4 Å². The van der Waals surface area contributed by atoms with Crippen molar-refractivity contribution in [1.29, 1.82) is 0 Å². The van der Waals surface area contributed by atoms with E-state index in [0.717, 1.165) is 22.6 Å². The largest absolute Gasteiger partial charge is 0.449 e. The lowest BCUT2D eigenvalue weighted by molar-refractivity contribution is -0.156. The molecule has 1 amide bonds. The lowest BCUT2D eigenvalue weighted by atomic mass is 10.2. The van der Waals surface area contributed by atoms with Crippen LogP contribution in [-0.4, -0.2) is 65.2 Å². The normalized spacial score (nSPS) is 18.6. The van der Waals surface area contributed by atoms with Crippen LogP contribution in [0, 0.1) is 13.8 Å². The fourth-order valence-corrected chi connectivity index (χ4v) is 5.71. The minimum Gasteiger partial charge on any atom is -0.449 e. The van der Waals surface area contributed by atoms with Crippen molar-refractivity contribution in [2.75, 3.05) is 18.1 Å². The van der Waals surface area contributed by atoms with Crippen molar-refractivity contribution in [2.24, 2.45) is 0 Å². The number of esters is 1. The zero-order valence-corrected chi connectivity index (χ0v) is 19.6. The van der Waals surface area contributed by atoms with E-state index in [1.54, 1.807) is 17.7 Å². The lowest BCUT2D eigenvalue weighted by Crippen LogP contribution is -2.46. The van der Waals surface area contributed by atoms with Gasteiger partial charge in [-0.15, -0.1) is 0 Å². The summed E-state index contributed by atoms with van der Waals surface area (Å²) in [5.41, 5.74) is 3.36. The standard InChI is InChI=1S/C23H29N3O5S/c1-5-25(20-13-14-32(29,30)15-20)23(28)18(4)31-22(27)12-11-21-16(2)24-26(17(21)3)19-9-7-6-8-10-19/h6-12,18,20H,5,13-15H2,1-4H3/b12-11-/t18-,20-/m0/s1. The van der Waals surface area contributed by atoms with Crippen LogP contribution < -0.4 is 0 Å².